The summed E-state index contributed by atoms with van der Waals surface area (Å²) in [5.74, 6) is 0. The largest absolute Gasteiger partial charge is 0.370 e. The molecule has 0 radical (unpaired) electrons. The molecule has 1 aromatic rings. The molecule has 0 aliphatic heterocycles. The second-order valence-electron chi connectivity index (χ2n) is 3.98. The van der Waals surface area contributed by atoms with Crippen molar-refractivity contribution in [3.8, 4) is 0 Å². The predicted molar refractivity (Wildman–Crippen MR) is 68.9 cm³/mol. The maximum Gasteiger partial charge on any atom is 0.0732 e. The van der Waals surface area contributed by atoms with Crippen LogP contribution in [-0.2, 0) is 11.3 Å². The van der Waals surface area contributed by atoms with E-state index < -0.39 is 0 Å². The molecule has 1 atom stereocenters. The lowest BCUT2D eigenvalue weighted by Crippen LogP contribution is -2.08. The normalized spacial score (nSPS) is 13.1. The summed E-state index contributed by atoms with van der Waals surface area (Å²) in [5.41, 5.74) is 3.33. The van der Waals surface area contributed by atoms with E-state index in [-0.39, 0.29) is 6.10 Å². The van der Waals surface area contributed by atoms with Crippen molar-refractivity contribution < 1.29 is 9.94 Å². The third-order valence-electron chi connectivity index (χ3n) is 2.42. The number of hydrogen-bond donors (Lipinski definition) is 2. The second kappa shape index (κ2) is 8.93. The maximum atomic E-state index is 8.39. The molecule has 1 rings (SSSR count). The zero-order valence-corrected chi connectivity index (χ0v) is 10.3. The van der Waals surface area contributed by atoms with Gasteiger partial charge in [0.25, 0.3) is 0 Å². The van der Waals surface area contributed by atoms with Crippen LogP contribution in [0.3, 0.4) is 0 Å². The maximum absolute atomic E-state index is 8.39. The highest BCUT2D eigenvalue weighted by Crippen LogP contribution is 2.04. The van der Waals surface area contributed by atoms with Crippen LogP contribution in [0.4, 0.5) is 0 Å². The van der Waals surface area contributed by atoms with Gasteiger partial charge in [0.1, 0.15) is 0 Å². The quantitative estimate of drug-likeness (QED) is 0.413. The summed E-state index contributed by atoms with van der Waals surface area (Å²) < 4.78 is 5.68. The minimum atomic E-state index is 0.122. The van der Waals surface area contributed by atoms with Gasteiger partial charge in [0, 0.05) is 6.54 Å². The standard InChI is InChI=1S/C14H21NO2/c1-13(8-4-3-7-11-15-16)17-12-14-9-5-2-6-10-14/h2,4-6,8-10,13,15-16H,3,7,11-12H2,1H3/b8-4+/t13-/m0/s1. The number of ether oxygens (including phenoxy) is 1. The number of unbranched alkanes of at least 4 members (excludes halogenated alkanes) is 1. The Hall–Kier alpha value is -1.16. The number of rotatable bonds is 8. The summed E-state index contributed by atoms with van der Waals surface area (Å²) in [4.78, 5) is 0. The van der Waals surface area contributed by atoms with Crippen molar-refractivity contribution in [2.75, 3.05) is 6.54 Å². The Morgan fingerprint density at radius 1 is 1.35 bits per heavy atom. The van der Waals surface area contributed by atoms with Gasteiger partial charge in [-0.05, 0) is 25.3 Å². The topological polar surface area (TPSA) is 41.5 Å². The molecule has 0 unspecified atom stereocenters. The van der Waals surface area contributed by atoms with Crippen molar-refractivity contribution in [3.05, 3.63) is 48.0 Å². The van der Waals surface area contributed by atoms with Crippen molar-refractivity contribution in [2.24, 2.45) is 0 Å². The van der Waals surface area contributed by atoms with Gasteiger partial charge in [0.15, 0.2) is 0 Å². The fraction of sp³-hybridized carbons (Fsp3) is 0.429. The van der Waals surface area contributed by atoms with E-state index in [0.717, 1.165) is 12.8 Å². The molecule has 94 valence electrons. The van der Waals surface area contributed by atoms with Gasteiger partial charge in [0.2, 0.25) is 0 Å². The van der Waals surface area contributed by atoms with Gasteiger partial charge in [-0.1, -0.05) is 42.5 Å². The molecule has 2 N–H and O–H groups in total. The number of hydrogen-bond acceptors (Lipinski definition) is 3. The van der Waals surface area contributed by atoms with Crippen molar-refractivity contribution in [1.82, 2.24) is 5.48 Å². The zero-order chi connectivity index (χ0) is 12.3. The van der Waals surface area contributed by atoms with Gasteiger partial charge < -0.3 is 9.94 Å². The molecule has 0 aromatic heterocycles. The highest BCUT2D eigenvalue weighted by molar-refractivity contribution is 5.13. The Morgan fingerprint density at radius 2 is 2.12 bits per heavy atom. The van der Waals surface area contributed by atoms with Crippen molar-refractivity contribution >= 4 is 0 Å². The van der Waals surface area contributed by atoms with Crippen LogP contribution in [-0.4, -0.2) is 17.9 Å². The number of allylic oxidation sites excluding steroid dienone is 1. The molecular weight excluding hydrogens is 214 g/mol. The van der Waals surface area contributed by atoms with E-state index >= 15 is 0 Å². The average Bonchev–Trinajstić information content (AvgIpc) is 2.37. The van der Waals surface area contributed by atoms with Gasteiger partial charge in [-0.2, -0.15) is 0 Å². The van der Waals surface area contributed by atoms with Crippen molar-refractivity contribution in [1.29, 1.82) is 0 Å². The number of benzene rings is 1. The molecule has 0 saturated heterocycles. The Labute approximate surface area is 103 Å². The Bertz CT molecular complexity index is 311. The van der Waals surface area contributed by atoms with Gasteiger partial charge >= 0.3 is 0 Å². The third kappa shape index (κ3) is 6.89. The molecule has 3 heteroatoms. The lowest BCUT2D eigenvalue weighted by molar-refractivity contribution is 0.0839. The van der Waals surface area contributed by atoms with Gasteiger partial charge in [0.05, 0.1) is 12.7 Å². The third-order valence-corrected chi connectivity index (χ3v) is 2.42. The molecule has 0 aliphatic rings. The highest BCUT2D eigenvalue weighted by atomic mass is 16.5. The summed E-state index contributed by atoms with van der Waals surface area (Å²) in [6.07, 6.45) is 6.15. The van der Waals surface area contributed by atoms with E-state index in [4.69, 9.17) is 9.94 Å². The van der Waals surface area contributed by atoms with E-state index in [1.807, 2.05) is 25.1 Å². The minimum absolute atomic E-state index is 0.122. The SMILES string of the molecule is C[C@@H](/C=C/CCCNO)OCc1ccccc1. The predicted octanol–water partition coefficient (Wildman–Crippen LogP) is 2.91. The lowest BCUT2D eigenvalue weighted by Gasteiger charge is -2.08. The van der Waals surface area contributed by atoms with E-state index in [2.05, 4.69) is 29.8 Å². The van der Waals surface area contributed by atoms with Gasteiger partial charge in [-0.25, -0.2) is 5.48 Å². The fourth-order valence-electron chi connectivity index (χ4n) is 1.44. The van der Waals surface area contributed by atoms with E-state index in [1.54, 1.807) is 0 Å². The first kappa shape index (κ1) is 13.9. The van der Waals surface area contributed by atoms with Crippen LogP contribution in [0.25, 0.3) is 0 Å². The fourth-order valence-corrected chi connectivity index (χ4v) is 1.44. The van der Waals surface area contributed by atoms with Crippen LogP contribution >= 0.6 is 0 Å². The summed E-state index contributed by atoms with van der Waals surface area (Å²) >= 11 is 0. The molecule has 0 amide bonds. The van der Waals surface area contributed by atoms with Crippen molar-refractivity contribution in [2.45, 2.75) is 32.5 Å². The smallest absolute Gasteiger partial charge is 0.0732 e. The summed E-state index contributed by atoms with van der Waals surface area (Å²) in [7, 11) is 0. The first-order chi connectivity index (χ1) is 8.33. The first-order valence-corrected chi connectivity index (χ1v) is 6.02. The highest BCUT2D eigenvalue weighted by Gasteiger charge is 1.97. The molecule has 0 aliphatic carbocycles. The van der Waals surface area contributed by atoms with Crippen LogP contribution in [0.15, 0.2) is 42.5 Å². The molecule has 3 nitrogen and oxygen atoms in total. The van der Waals surface area contributed by atoms with Crippen LogP contribution in [0.1, 0.15) is 25.3 Å². The first-order valence-electron chi connectivity index (χ1n) is 6.02. The van der Waals surface area contributed by atoms with E-state index in [9.17, 15) is 0 Å². The molecule has 0 bridgehead atoms. The Balaban J connectivity index is 2.14. The van der Waals surface area contributed by atoms with Crippen molar-refractivity contribution in [3.63, 3.8) is 0 Å². The van der Waals surface area contributed by atoms with E-state index in [0.29, 0.717) is 13.2 Å². The molecule has 0 fully saturated rings. The van der Waals surface area contributed by atoms with Gasteiger partial charge in [-0.15, -0.1) is 0 Å². The van der Waals surface area contributed by atoms with Crippen LogP contribution in [0.5, 0.6) is 0 Å². The molecule has 0 spiro atoms. The molecule has 17 heavy (non-hydrogen) atoms. The minimum Gasteiger partial charge on any atom is -0.370 e. The summed E-state index contributed by atoms with van der Waals surface area (Å²) in [6, 6.07) is 10.1. The monoisotopic (exact) mass is 235 g/mol. The molecule has 0 heterocycles. The molecular formula is C14H21NO2. The van der Waals surface area contributed by atoms with E-state index in [1.165, 1.54) is 5.56 Å². The number of hydroxylamine groups is 1. The zero-order valence-electron chi connectivity index (χ0n) is 10.3. The lowest BCUT2D eigenvalue weighted by atomic mass is 10.2. The Morgan fingerprint density at radius 3 is 2.82 bits per heavy atom. The average molecular weight is 235 g/mol. The van der Waals surface area contributed by atoms with Crippen LogP contribution < -0.4 is 5.48 Å². The summed E-state index contributed by atoms with van der Waals surface area (Å²) in [6.45, 7) is 3.30. The Kier molecular flexibility index (Phi) is 7.30. The summed E-state index contributed by atoms with van der Waals surface area (Å²) in [5, 5.41) is 8.39. The van der Waals surface area contributed by atoms with Crippen LogP contribution in [0, 0.1) is 0 Å². The van der Waals surface area contributed by atoms with Crippen LogP contribution in [0.2, 0.25) is 0 Å². The van der Waals surface area contributed by atoms with Gasteiger partial charge in [-0.3, -0.25) is 0 Å². The number of nitrogens with one attached hydrogen (secondary N) is 1. The second-order valence-corrected chi connectivity index (χ2v) is 3.98. The molecule has 1 aromatic carbocycles. The molecule has 0 saturated carbocycles.